The molecule has 0 aliphatic heterocycles. The third-order valence-electron chi connectivity index (χ3n) is 1.69. The van der Waals surface area contributed by atoms with Crippen molar-refractivity contribution in [3.63, 3.8) is 0 Å². The van der Waals surface area contributed by atoms with Gasteiger partial charge in [-0.1, -0.05) is 0 Å². The van der Waals surface area contributed by atoms with Crippen molar-refractivity contribution in [3.05, 3.63) is 28.0 Å². The first-order valence-corrected chi connectivity index (χ1v) is 6.53. The van der Waals surface area contributed by atoms with E-state index >= 15 is 0 Å². The number of hydrogen-bond donors (Lipinski definition) is 1. The zero-order valence-corrected chi connectivity index (χ0v) is 9.00. The molecule has 1 N–H and O–H groups in total. The van der Waals surface area contributed by atoms with E-state index in [2.05, 4.69) is 35.3 Å². The number of rotatable bonds is 2. The Kier molecular flexibility index (Phi) is 2.30. The van der Waals surface area contributed by atoms with Crippen LogP contribution in [0.1, 0.15) is 6.92 Å². The molecule has 1 heterocycles. The van der Waals surface area contributed by atoms with Crippen molar-refractivity contribution in [1.82, 2.24) is 10.2 Å². The first-order valence-electron chi connectivity index (χ1n) is 3.92. The number of alkyl halides is 1. The van der Waals surface area contributed by atoms with Gasteiger partial charge >= 0.3 is 81.6 Å². The second kappa shape index (κ2) is 3.43. The average molecular weight is 273 g/mol. The number of nitrogens with zero attached hydrogens (tertiary/aromatic N) is 1. The molecule has 2 aromatic rings. The summed E-state index contributed by atoms with van der Waals surface area (Å²) in [5.41, 5.74) is 1.14. The Morgan fingerprint density at radius 2 is 2.42 bits per heavy atom. The molecule has 1 aromatic carbocycles. The minimum atomic E-state index is 0.233. The maximum atomic E-state index is 3.99. The van der Waals surface area contributed by atoms with Gasteiger partial charge in [-0.05, 0) is 0 Å². The van der Waals surface area contributed by atoms with Gasteiger partial charge in [-0.3, -0.25) is 0 Å². The van der Waals surface area contributed by atoms with Gasteiger partial charge in [0.1, 0.15) is 0 Å². The fourth-order valence-corrected chi connectivity index (χ4v) is 3.02. The summed E-state index contributed by atoms with van der Waals surface area (Å²) in [6.45, 7) is 2.24. The monoisotopic (exact) mass is 273 g/mol. The Hall–Kier alpha value is -0.580. The quantitative estimate of drug-likeness (QED) is 0.543. The summed E-state index contributed by atoms with van der Waals surface area (Å²) in [5, 5.41) is 8.18. The molecule has 0 atom stereocenters. The minimum absolute atomic E-state index is 0.233. The van der Waals surface area contributed by atoms with Crippen LogP contribution in [0.4, 0.5) is 0 Å². The second-order valence-electron chi connectivity index (χ2n) is 2.50. The molecule has 0 fully saturated rings. The van der Waals surface area contributed by atoms with Crippen molar-refractivity contribution in [3.8, 4) is 0 Å². The molecule has 64 valence electrons. The molecule has 2 rings (SSSR count). The zero-order chi connectivity index (χ0) is 8.39. The van der Waals surface area contributed by atoms with Gasteiger partial charge in [0.15, 0.2) is 0 Å². The van der Waals surface area contributed by atoms with Gasteiger partial charge < -0.3 is 0 Å². The van der Waals surface area contributed by atoms with Crippen LogP contribution in [-0.4, -0.2) is 14.6 Å². The first kappa shape index (κ1) is 8.04. The van der Waals surface area contributed by atoms with E-state index in [-0.39, 0.29) is 21.2 Å². The summed E-state index contributed by atoms with van der Waals surface area (Å²) in [6, 6.07) is 6.57. The third-order valence-corrected chi connectivity index (χ3v) is 4.00. The normalized spacial score (nSPS) is 11.1. The molecule has 2 nitrogen and oxygen atoms in total. The molecule has 0 saturated heterocycles. The molecular formula is C9H10IN2-. The van der Waals surface area contributed by atoms with Crippen LogP contribution in [0.5, 0.6) is 0 Å². The zero-order valence-electron chi connectivity index (χ0n) is 6.84. The Morgan fingerprint density at radius 1 is 1.50 bits per heavy atom. The summed E-state index contributed by atoms with van der Waals surface area (Å²) in [6.07, 6.45) is 1.89. The standard InChI is InChI=1S/C9H10IN2/c1-2-10-8-3-4-9-7(5-8)6-11-12-9/h3-6H,2H2,1H3,(H,11,12)/q-1. The van der Waals surface area contributed by atoms with E-state index in [9.17, 15) is 0 Å². The predicted octanol–water partition coefficient (Wildman–Crippen LogP) is -1.16. The molecule has 0 saturated carbocycles. The van der Waals surface area contributed by atoms with Crippen molar-refractivity contribution in [1.29, 1.82) is 0 Å². The van der Waals surface area contributed by atoms with E-state index in [1.165, 1.54) is 13.4 Å². The van der Waals surface area contributed by atoms with Crippen LogP contribution in [0.2, 0.25) is 0 Å². The van der Waals surface area contributed by atoms with E-state index in [0.717, 1.165) is 5.52 Å². The second-order valence-corrected chi connectivity index (χ2v) is 6.04. The van der Waals surface area contributed by atoms with Gasteiger partial charge in [0.2, 0.25) is 0 Å². The molecule has 12 heavy (non-hydrogen) atoms. The fourth-order valence-electron chi connectivity index (χ4n) is 1.15. The predicted molar refractivity (Wildman–Crippen MR) is 45.3 cm³/mol. The Bertz CT molecular complexity index is 381. The number of aromatic amines is 1. The summed E-state index contributed by atoms with van der Waals surface area (Å²) in [5.74, 6) is 0. The Balaban J connectivity index is 2.46. The molecule has 0 amide bonds. The first-order chi connectivity index (χ1) is 5.90. The molecule has 0 spiro atoms. The number of nitrogens with one attached hydrogen (secondary N) is 1. The van der Waals surface area contributed by atoms with E-state index in [4.69, 9.17) is 0 Å². The summed E-state index contributed by atoms with van der Waals surface area (Å²) >= 11 is 0.233. The van der Waals surface area contributed by atoms with Crippen molar-refractivity contribution in [2.45, 2.75) is 6.92 Å². The van der Waals surface area contributed by atoms with Crippen LogP contribution in [-0.2, 0) is 0 Å². The van der Waals surface area contributed by atoms with Crippen molar-refractivity contribution in [2.24, 2.45) is 0 Å². The fraction of sp³-hybridized carbons (Fsp3) is 0.222. The summed E-state index contributed by atoms with van der Waals surface area (Å²) < 4.78 is 2.81. The SMILES string of the molecule is CC[I-]c1ccc2[nH]ncc2c1. The van der Waals surface area contributed by atoms with Crippen molar-refractivity contribution >= 4 is 10.9 Å². The third kappa shape index (κ3) is 1.46. The van der Waals surface area contributed by atoms with Gasteiger partial charge in [0.25, 0.3) is 0 Å². The number of fused-ring (bicyclic) bond motifs is 1. The Labute approximate surface area is 81.6 Å². The van der Waals surface area contributed by atoms with E-state index < -0.39 is 0 Å². The molecule has 0 aliphatic carbocycles. The van der Waals surface area contributed by atoms with Crippen LogP contribution >= 0.6 is 0 Å². The van der Waals surface area contributed by atoms with Crippen molar-refractivity contribution < 1.29 is 21.2 Å². The van der Waals surface area contributed by atoms with Gasteiger partial charge in [-0.15, -0.1) is 0 Å². The van der Waals surface area contributed by atoms with E-state index in [0.29, 0.717) is 0 Å². The van der Waals surface area contributed by atoms with Gasteiger partial charge in [-0.2, -0.15) is 0 Å². The maximum absolute atomic E-state index is 3.99. The molecule has 0 aliphatic rings. The van der Waals surface area contributed by atoms with Crippen LogP contribution in [0.3, 0.4) is 0 Å². The molecule has 0 bridgehead atoms. The van der Waals surface area contributed by atoms with Crippen molar-refractivity contribution in [2.75, 3.05) is 4.43 Å². The number of hydrogen-bond acceptors (Lipinski definition) is 1. The molecular weight excluding hydrogens is 263 g/mol. The summed E-state index contributed by atoms with van der Waals surface area (Å²) in [4.78, 5) is 0. The van der Waals surface area contributed by atoms with Gasteiger partial charge in [0, 0.05) is 0 Å². The van der Waals surface area contributed by atoms with Crippen LogP contribution in [0.15, 0.2) is 24.4 Å². The van der Waals surface area contributed by atoms with Crippen LogP contribution in [0, 0.1) is 3.57 Å². The molecule has 0 radical (unpaired) electrons. The van der Waals surface area contributed by atoms with Gasteiger partial charge in [-0.25, -0.2) is 0 Å². The number of aromatic nitrogens is 2. The average Bonchev–Trinajstić information content (AvgIpc) is 2.51. The number of H-pyrrole nitrogens is 1. The molecule has 1 aromatic heterocycles. The summed E-state index contributed by atoms with van der Waals surface area (Å²) in [7, 11) is 0. The van der Waals surface area contributed by atoms with Gasteiger partial charge in [0.05, 0.1) is 0 Å². The van der Waals surface area contributed by atoms with Crippen LogP contribution in [0.25, 0.3) is 10.9 Å². The molecule has 3 heteroatoms. The Morgan fingerprint density at radius 3 is 3.25 bits per heavy atom. The number of halogens is 1. The number of benzene rings is 1. The topological polar surface area (TPSA) is 28.7 Å². The molecule has 0 unspecified atom stereocenters. The van der Waals surface area contributed by atoms with E-state index in [1.54, 1.807) is 0 Å². The van der Waals surface area contributed by atoms with Crippen LogP contribution < -0.4 is 21.2 Å². The van der Waals surface area contributed by atoms with E-state index in [1.807, 2.05) is 6.20 Å².